The third kappa shape index (κ3) is 4.87. The maximum Gasteiger partial charge on any atom is 0.137 e. The third-order valence-corrected chi connectivity index (χ3v) is 7.21. The van der Waals surface area contributed by atoms with Crippen molar-refractivity contribution in [2.24, 2.45) is 10.9 Å². The number of amidine groups is 1. The molecule has 2 fully saturated rings. The molecule has 33 heavy (non-hydrogen) atoms. The number of aromatic nitrogens is 2. The predicted octanol–water partition coefficient (Wildman–Crippen LogP) is 3.33. The molecule has 182 valence electrons. The molecule has 3 aliphatic rings. The van der Waals surface area contributed by atoms with Crippen LogP contribution in [-0.2, 0) is 0 Å². The van der Waals surface area contributed by atoms with E-state index in [4.69, 9.17) is 9.98 Å². The van der Waals surface area contributed by atoms with Gasteiger partial charge in [0.2, 0.25) is 0 Å². The van der Waals surface area contributed by atoms with E-state index in [1.165, 1.54) is 11.5 Å². The van der Waals surface area contributed by atoms with Crippen molar-refractivity contribution in [2.45, 2.75) is 84.5 Å². The van der Waals surface area contributed by atoms with Gasteiger partial charge in [0.1, 0.15) is 29.5 Å². The first-order valence-electron chi connectivity index (χ1n) is 12.6. The van der Waals surface area contributed by atoms with Gasteiger partial charge < -0.3 is 25.5 Å². The normalized spacial score (nSPS) is 30.7. The Labute approximate surface area is 198 Å². The molecule has 0 spiro atoms. The zero-order chi connectivity index (χ0) is 23.8. The van der Waals surface area contributed by atoms with E-state index < -0.39 is 5.72 Å². The van der Waals surface area contributed by atoms with Crippen LogP contribution >= 0.6 is 0 Å². The van der Waals surface area contributed by atoms with Crippen LogP contribution in [0.25, 0.3) is 0 Å². The summed E-state index contributed by atoms with van der Waals surface area (Å²) in [6.07, 6.45) is 6.45. The Balaban J connectivity index is 1.56. The number of allylic oxidation sites excluding steroid dienone is 2. The van der Waals surface area contributed by atoms with Crippen LogP contribution in [0.1, 0.15) is 72.3 Å². The summed E-state index contributed by atoms with van der Waals surface area (Å²) in [6, 6.07) is 0.924. The van der Waals surface area contributed by atoms with Crippen molar-refractivity contribution >= 4 is 17.5 Å². The number of piperidine rings is 1. The second-order valence-electron chi connectivity index (χ2n) is 10.3. The van der Waals surface area contributed by atoms with Crippen molar-refractivity contribution < 1.29 is 5.11 Å². The molecular formula is C25H41N7O. The first-order chi connectivity index (χ1) is 15.7. The number of aliphatic hydroxyl groups is 1. The van der Waals surface area contributed by atoms with E-state index in [9.17, 15) is 5.11 Å². The Bertz CT molecular complexity index is 910. The number of anilines is 2. The molecule has 0 saturated carbocycles. The number of likely N-dealkylation sites (tertiary alicyclic amines) is 1. The molecule has 8 nitrogen and oxygen atoms in total. The van der Waals surface area contributed by atoms with E-state index in [1.807, 2.05) is 6.92 Å². The molecule has 1 aromatic rings. The van der Waals surface area contributed by atoms with Gasteiger partial charge in [0.05, 0.1) is 6.04 Å². The maximum atomic E-state index is 10.6. The molecule has 8 heteroatoms. The summed E-state index contributed by atoms with van der Waals surface area (Å²) in [5.74, 6) is 3.74. The Morgan fingerprint density at radius 2 is 2.21 bits per heavy atom. The highest BCUT2D eigenvalue weighted by Crippen LogP contribution is 2.43. The zero-order valence-corrected chi connectivity index (χ0v) is 21.1. The molecule has 0 bridgehead atoms. The van der Waals surface area contributed by atoms with Crippen LogP contribution < -0.4 is 15.5 Å². The van der Waals surface area contributed by atoms with E-state index in [0.29, 0.717) is 24.4 Å². The number of fused-ring (bicyclic) bond motifs is 2. The van der Waals surface area contributed by atoms with Gasteiger partial charge in [-0.1, -0.05) is 33.8 Å². The fourth-order valence-electron chi connectivity index (χ4n) is 5.63. The molecule has 2 saturated heterocycles. The lowest BCUT2D eigenvalue weighted by Crippen LogP contribution is -2.68. The van der Waals surface area contributed by atoms with Crippen LogP contribution in [0.3, 0.4) is 0 Å². The topological polar surface area (TPSA) is 88.9 Å². The second-order valence-corrected chi connectivity index (χ2v) is 10.3. The lowest BCUT2D eigenvalue weighted by atomic mass is 9.80. The Hall–Kier alpha value is -2.19. The monoisotopic (exact) mass is 455 g/mol. The fraction of sp³-hybridized carbons (Fsp3) is 0.720. The maximum absolute atomic E-state index is 10.6. The molecule has 4 heterocycles. The van der Waals surface area contributed by atoms with Crippen LogP contribution in [0.15, 0.2) is 23.1 Å². The van der Waals surface area contributed by atoms with Gasteiger partial charge in [0.15, 0.2) is 0 Å². The highest BCUT2D eigenvalue weighted by atomic mass is 16.3. The minimum absolute atomic E-state index is 0.192. The molecule has 3 unspecified atom stereocenters. The highest BCUT2D eigenvalue weighted by Gasteiger charge is 2.48. The molecule has 0 aromatic carbocycles. The van der Waals surface area contributed by atoms with Gasteiger partial charge in [0, 0.05) is 55.8 Å². The van der Waals surface area contributed by atoms with Crippen molar-refractivity contribution in [2.75, 3.05) is 36.4 Å². The third-order valence-electron chi connectivity index (χ3n) is 7.21. The quantitative estimate of drug-likeness (QED) is 0.581. The van der Waals surface area contributed by atoms with E-state index in [2.05, 4.69) is 66.1 Å². The smallest absolute Gasteiger partial charge is 0.137 e. The average Bonchev–Trinajstić information content (AvgIpc) is 2.76. The first-order valence-corrected chi connectivity index (χ1v) is 12.6. The fourth-order valence-corrected chi connectivity index (χ4v) is 5.63. The Morgan fingerprint density at radius 1 is 1.42 bits per heavy atom. The Morgan fingerprint density at radius 3 is 2.91 bits per heavy atom. The van der Waals surface area contributed by atoms with Crippen LogP contribution in [0.2, 0.25) is 0 Å². The highest BCUT2D eigenvalue weighted by molar-refractivity contribution is 5.92. The van der Waals surface area contributed by atoms with Crippen molar-refractivity contribution in [3.05, 3.63) is 23.7 Å². The first kappa shape index (κ1) is 24.0. The van der Waals surface area contributed by atoms with Crippen LogP contribution in [-0.4, -0.2) is 69.8 Å². The lowest BCUT2D eigenvalue weighted by Gasteiger charge is -2.56. The van der Waals surface area contributed by atoms with Crippen LogP contribution in [0.5, 0.6) is 0 Å². The van der Waals surface area contributed by atoms with Gasteiger partial charge in [-0.2, -0.15) is 0 Å². The van der Waals surface area contributed by atoms with E-state index in [0.717, 1.165) is 56.2 Å². The molecule has 0 amide bonds. The van der Waals surface area contributed by atoms with Gasteiger partial charge in [-0.25, -0.2) is 15.0 Å². The summed E-state index contributed by atoms with van der Waals surface area (Å²) in [6.45, 7) is 16.4. The molecule has 3 N–H and O–H groups in total. The lowest BCUT2D eigenvalue weighted by molar-refractivity contribution is 0.0688. The molecule has 0 aliphatic carbocycles. The molecule has 1 aromatic heterocycles. The number of rotatable bonds is 7. The molecular weight excluding hydrogens is 414 g/mol. The number of nitrogens with one attached hydrogen (secondary N) is 2. The molecule has 0 radical (unpaired) electrons. The van der Waals surface area contributed by atoms with Gasteiger partial charge in [0.25, 0.3) is 0 Å². The number of hydrogen-bond donors (Lipinski definition) is 3. The van der Waals surface area contributed by atoms with Crippen molar-refractivity contribution in [3.8, 4) is 0 Å². The van der Waals surface area contributed by atoms with Crippen molar-refractivity contribution in [3.63, 3.8) is 0 Å². The van der Waals surface area contributed by atoms with Gasteiger partial charge in [-0.3, -0.25) is 0 Å². The number of hydrogen-bond acceptors (Lipinski definition) is 7. The number of aliphatic imine (C=N–C) groups is 1. The summed E-state index contributed by atoms with van der Waals surface area (Å²) < 4.78 is 0. The average molecular weight is 456 g/mol. The second kappa shape index (κ2) is 9.58. The summed E-state index contributed by atoms with van der Waals surface area (Å²) in [7, 11) is 0. The van der Waals surface area contributed by atoms with Gasteiger partial charge in [-0.15, -0.1) is 0 Å². The minimum Gasteiger partial charge on any atom is -0.371 e. The van der Waals surface area contributed by atoms with Crippen LogP contribution in [0, 0.1) is 5.92 Å². The summed E-state index contributed by atoms with van der Waals surface area (Å²) in [5, 5.41) is 17.3. The van der Waals surface area contributed by atoms with Gasteiger partial charge >= 0.3 is 0 Å². The zero-order valence-electron chi connectivity index (χ0n) is 21.1. The molecule has 4 rings (SSSR count). The molecule has 4 atom stereocenters. The summed E-state index contributed by atoms with van der Waals surface area (Å²) in [4.78, 5) is 19.2. The Kier molecular flexibility index (Phi) is 6.96. The minimum atomic E-state index is -0.936. The molecule has 3 aliphatic heterocycles. The van der Waals surface area contributed by atoms with Gasteiger partial charge in [-0.05, 0) is 32.6 Å². The van der Waals surface area contributed by atoms with Crippen molar-refractivity contribution in [1.82, 2.24) is 20.2 Å². The number of nitrogens with zero attached hydrogens (tertiary/aromatic N) is 5. The van der Waals surface area contributed by atoms with E-state index >= 15 is 0 Å². The predicted molar refractivity (Wildman–Crippen MR) is 135 cm³/mol. The van der Waals surface area contributed by atoms with E-state index in [1.54, 1.807) is 6.33 Å². The summed E-state index contributed by atoms with van der Waals surface area (Å²) in [5.41, 5.74) is 1.37. The largest absolute Gasteiger partial charge is 0.371 e. The van der Waals surface area contributed by atoms with E-state index in [-0.39, 0.29) is 5.92 Å². The summed E-state index contributed by atoms with van der Waals surface area (Å²) >= 11 is 0. The standard InChI is InChI=1S/C25H41N7O/c1-7-18(8-2)29-23-19-9-11-31(14-20(19)32(23)12-10-26-16(3)4)24-21-17(5)13-25(6,33)30-22(21)27-15-28-24/h7,15-17,19-20,26,33H,8-14H2,1-6H3,(H,27,28,30)/b18-7-,29-23-/t17-,19?,20?,25?/m1/s1. The SMILES string of the molecule is C/C=C(CC)\N=C1\C2CCN(c3ncnc4c3[C@H](C)CC(C)(O)N4)CC2N1CCNC(C)C. The van der Waals surface area contributed by atoms with Crippen LogP contribution in [0.4, 0.5) is 11.6 Å². The van der Waals surface area contributed by atoms with Crippen molar-refractivity contribution in [1.29, 1.82) is 0 Å².